The molecule has 0 saturated carbocycles. The largest absolute Gasteiger partial charge is 0.318 e. The number of hydrogen-bond acceptors (Lipinski definition) is 3. The van der Waals surface area contributed by atoms with Gasteiger partial charge in [0.25, 0.3) is 11.7 Å². The summed E-state index contributed by atoms with van der Waals surface area (Å²) in [5, 5.41) is 6.59. The van der Waals surface area contributed by atoms with Crippen molar-refractivity contribution in [3.8, 4) is 5.69 Å². The number of carbonyl (C=O) groups excluding carboxylic acids is 2. The van der Waals surface area contributed by atoms with Gasteiger partial charge < -0.3 is 5.32 Å². The van der Waals surface area contributed by atoms with Crippen LogP contribution in [0.5, 0.6) is 0 Å². The zero-order chi connectivity index (χ0) is 11.1. The number of hydrogen-bond donors (Lipinski definition) is 1. The molecular weight excluding hydrogens is 206 g/mol. The maximum absolute atomic E-state index is 11.4. The van der Waals surface area contributed by atoms with Gasteiger partial charge >= 0.3 is 0 Å². The van der Waals surface area contributed by atoms with E-state index in [1.54, 1.807) is 41.3 Å². The number of nitrogens with zero attached hydrogens (tertiary/aromatic N) is 2. The van der Waals surface area contributed by atoms with Crippen LogP contribution in [0.2, 0.25) is 0 Å². The highest BCUT2D eigenvalue weighted by Crippen LogP contribution is 2.25. The smallest absolute Gasteiger partial charge is 0.296 e. The minimum Gasteiger partial charge on any atom is -0.318 e. The van der Waals surface area contributed by atoms with Crippen molar-refractivity contribution in [2.24, 2.45) is 0 Å². The molecule has 0 spiro atoms. The van der Waals surface area contributed by atoms with E-state index in [-0.39, 0.29) is 0 Å². The fourth-order valence-electron chi connectivity index (χ4n) is 1.70. The highest BCUT2D eigenvalue weighted by Gasteiger charge is 2.27. The lowest BCUT2D eigenvalue weighted by Gasteiger charge is -2.03. The van der Waals surface area contributed by atoms with Crippen LogP contribution in [-0.4, -0.2) is 21.5 Å². The lowest BCUT2D eigenvalue weighted by Crippen LogP contribution is -2.12. The predicted molar refractivity (Wildman–Crippen MR) is 56.5 cm³/mol. The maximum Gasteiger partial charge on any atom is 0.296 e. The highest BCUT2D eigenvalue weighted by atomic mass is 16.2. The number of amides is 1. The van der Waals surface area contributed by atoms with E-state index in [1.807, 2.05) is 0 Å². The third-order valence-corrected chi connectivity index (χ3v) is 2.47. The van der Waals surface area contributed by atoms with E-state index >= 15 is 0 Å². The third-order valence-electron chi connectivity index (χ3n) is 2.47. The SMILES string of the molecule is O=C1Nc2cc(-n3cccn3)ccc2C1=O. The summed E-state index contributed by atoms with van der Waals surface area (Å²) in [4.78, 5) is 22.5. The van der Waals surface area contributed by atoms with Crippen molar-refractivity contribution in [2.45, 2.75) is 0 Å². The number of anilines is 1. The van der Waals surface area contributed by atoms with Crippen molar-refractivity contribution < 1.29 is 9.59 Å². The molecule has 0 atom stereocenters. The normalized spacial score (nSPS) is 13.8. The van der Waals surface area contributed by atoms with Gasteiger partial charge in [-0.2, -0.15) is 5.10 Å². The van der Waals surface area contributed by atoms with Crippen molar-refractivity contribution in [2.75, 3.05) is 5.32 Å². The lowest BCUT2D eigenvalue weighted by molar-refractivity contribution is -0.112. The van der Waals surface area contributed by atoms with Crippen LogP contribution in [0.1, 0.15) is 10.4 Å². The number of benzene rings is 1. The van der Waals surface area contributed by atoms with Gasteiger partial charge in [0, 0.05) is 12.4 Å². The molecule has 1 aromatic carbocycles. The Kier molecular flexibility index (Phi) is 1.67. The first kappa shape index (κ1) is 8.84. The van der Waals surface area contributed by atoms with Crippen molar-refractivity contribution in [1.29, 1.82) is 0 Å². The standard InChI is InChI=1S/C11H7N3O2/c15-10-8-3-2-7(14-5-1-4-12-14)6-9(8)13-11(10)16/h1-6H,(H,13,15,16). The van der Waals surface area contributed by atoms with Crippen molar-refractivity contribution in [3.63, 3.8) is 0 Å². The molecule has 1 amide bonds. The molecule has 1 aromatic heterocycles. The molecule has 0 saturated heterocycles. The molecule has 5 nitrogen and oxygen atoms in total. The Labute approximate surface area is 90.7 Å². The third kappa shape index (κ3) is 1.15. The molecule has 1 aliphatic rings. The summed E-state index contributed by atoms with van der Waals surface area (Å²) < 4.78 is 1.66. The average molecular weight is 213 g/mol. The molecule has 3 rings (SSSR count). The number of aromatic nitrogens is 2. The molecule has 0 unspecified atom stereocenters. The van der Waals surface area contributed by atoms with Gasteiger partial charge in [0.1, 0.15) is 0 Å². The molecule has 2 heterocycles. The number of nitrogens with one attached hydrogen (secondary N) is 1. The second-order valence-corrected chi connectivity index (χ2v) is 3.46. The Morgan fingerprint density at radius 1 is 1.25 bits per heavy atom. The number of rotatable bonds is 1. The molecule has 0 aliphatic carbocycles. The van der Waals surface area contributed by atoms with Crippen LogP contribution in [0.15, 0.2) is 36.7 Å². The Morgan fingerprint density at radius 2 is 2.12 bits per heavy atom. The fraction of sp³-hybridized carbons (Fsp3) is 0. The minimum atomic E-state index is -0.576. The zero-order valence-corrected chi connectivity index (χ0v) is 8.18. The van der Waals surface area contributed by atoms with E-state index in [2.05, 4.69) is 10.4 Å². The molecule has 0 bridgehead atoms. The average Bonchev–Trinajstić information content (AvgIpc) is 2.88. The summed E-state index contributed by atoms with van der Waals surface area (Å²) in [6.07, 6.45) is 3.46. The Hall–Kier alpha value is -2.43. The molecule has 78 valence electrons. The highest BCUT2D eigenvalue weighted by molar-refractivity contribution is 6.51. The number of Topliss-reactive ketones (excluding diaryl/α,β-unsaturated/α-hetero) is 1. The van der Waals surface area contributed by atoms with Crippen molar-refractivity contribution in [1.82, 2.24) is 9.78 Å². The molecular formula is C11H7N3O2. The van der Waals surface area contributed by atoms with Crippen molar-refractivity contribution in [3.05, 3.63) is 42.2 Å². The Bertz CT molecular complexity index is 587. The van der Waals surface area contributed by atoms with Gasteiger partial charge in [-0.05, 0) is 24.3 Å². The van der Waals surface area contributed by atoms with Crippen LogP contribution in [0.3, 0.4) is 0 Å². The first-order valence-corrected chi connectivity index (χ1v) is 4.75. The molecule has 0 radical (unpaired) electrons. The molecule has 5 heteroatoms. The lowest BCUT2D eigenvalue weighted by atomic mass is 10.1. The van der Waals surface area contributed by atoms with E-state index < -0.39 is 11.7 Å². The van der Waals surface area contributed by atoms with E-state index in [4.69, 9.17) is 0 Å². The Balaban J connectivity index is 2.12. The van der Waals surface area contributed by atoms with Crippen LogP contribution in [0.4, 0.5) is 5.69 Å². The zero-order valence-electron chi connectivity index (χ0n) is 8.18. The number of ketones is 1. The second-order valence-electron chi connectivity index (χ2n) is 3.46. The summed E-state index contributed by atoms with van der Waals surface area (Å²) >= 11 is 0. The monoisotopic (exact) mass is 213 g/mol. The minimum absolute atomic E-state index is 0.418. The summed E-state index contributed by atoms with van der Waals surface area (Å²) in [5.41, 5.74) is 1.77. The first-order valence-electron chi connectivity index (χ1n) is 4.75. The Morgan fingerprint density at radius 3 is 2.88 bits per heavy atom. The summed E-state index contributed by atoms with van der Waals surface area (Å²) in [6.45, 7) is 0. The van der Waals surface area contributed by atoms with Gasteiger partial charge in [-0.3, -0.25) is 9.59 Å². The van der Waals surface area contributed by atoms with Gasteiger partial charge in [0.05, 0.1) is 16.9 Å². The van der Waals surface area contributed by atoms with Gasteiger partial charge in [-0.1, -0.05) is 0 Å². The molecule has 0 fully saturated rings. The topological polar surface area (TPSA) is 64.0 Å². The van der Waals surface area contributed by atoms with Crippen LogP contribution in [-0.2, 0) is 4.79 Å². The predicted octanol–water partition coefficient (Wildman–Crippen LogP) is 1.01. The van der Waals surface area contributed by atoms with Crippen LogP contribution in [0, 0.1) is 0 Å². The van der Waals surface area contributed by atoms with Gasteiger partial charge in [-0.15, -0.1) is 0 Å². The van der Waals surface area contributed by atoms with Gasteiger partial charge in [0.2, 0.25) is 0 Å². The molecule has 2 aromatic rings. The second kappa shape index (κ2) is 3.03. The van der Waals surface area contributed by atoms with Gasteiger partial charge in [0.15, 0.2) is 0 Å². The van der Waals surface area contributed by atoms with E-state index in [0.717, 1.165) is 5.69 Å². The summed E-state index contributed by atoms with van der Waals surface area (Å²) in [5.74, 6) is -1.06. The summed E-state index contributed by atoms with van der Waals surface area (Å²) in [7, 11) is 0. The number of fused-ring (bicyclic) bond motifs is 1. The maximum atomic E-state index is 11.4. The fourth-order valence-corrected chi connectivity index (χ4v) is 1.70. The van der Waals surface area contributed by atoms with Crippen molar-refractivity contribution >= 4 is 17.4 Å². The quantitative estimate of drug-likeness (QED) is 0.719. The van der Waals surface area contributed by atoms with Crippen LogP contribution >= 0.6 is 0 Å². The first-order chi connectivity index (χ1) is 7.75. The molecule has 16 heavy (non-hydrogen) atoms. The van der Waals surface area contributed by atoms with E-state index in [1.165, 1.54) is 0 Å². The summed E-state index contributed by atoms with van der Waals surface area (Å²) in [6, 6.07) is 6.92. The molecule has 1 N–H and O–H groups in total. The van der Waals surface area contributed by atoms with Crippen LogP contribution < -0.4 is 5.32 Å². The van der Waals surface area contributed by atoms with Gasteiger partial charge in [-0.25, -0.2) is 4.68 Å². The van der Waals surface area contributed by atoms with E-state index in [9.17, 15) is 9.59 Å². The number of carbonyl (C=O) groups is 2. The van der Waals surface area contributed by atoms with Crippen LogP contribution in [0.25, 0.3) is 5.69 Å². The molecule has 1 aliphatic heterocycles. The van der Waals surface area contributed by atoms with E-state index in [0.29, 0.717) is 11.3 Å².